The number of hydrogen-bond acceptors (Lipinski definition) is 8. The van der Waals surface area contributed by atoms with Crippen molar-refractivity contribution in [2.45, 2.75) is 37.8 Å². The maximum absolute atomic E-state index is 11.8. The van der Waals surface area contributed by atoms with Crippen molar-refractivity contribution in [3.05, 3.63) is 48.4 Å². The number of carbonyl (C=O) groups is 1. The molecule has 1 amide bonds. The summed E-state index contributed by atoms with van der Waals surface area (Å²) in [6.07, 6.45) is 8.51. The monoisotopic (exact) mass is 393 g/mol. The molecule has 2 heterocycles. The van der Waals surface area contributed by atoms with Crippen molar-refractivity contribution in [3.8, 4) is 5.69 Å². The number of primary amides is 1. The zero-order valence-electron chi connectivity index (χ0n) is 15.8. The topological polar surface area (TPSA) is 150 Å². The first-order chi connectivity index (χ1) is 14.1. The fourth-order valence-electron chi connectivity index (χ4n) is 3.37. The maximum Gasteiger partial charge on any atom is 0.254 e. The third-order valence-electron chi connectivity index (χ3n) is 4.92. The summed E-state index contributed by atoms with van der Waals surface area (Å²) in [5.74, 6) is 0.184. The molecule has 0 bridgehead atoms. The molecule has 1 fully saturated rings. The largest absolute Gasteiger partial charge is 0.365 e. The van der Waals surface area contributed by atoms with E-state index in [9.17, 15) is 4.79 Å². The summed E-state index contributed by atoms with van der Waals surface area (Å²) in [5, 5.41) is 14.7. The van der Waals surface area contributed by atoms with Crippen LogP contribution in [-0.4, -0.2) is 43.0 Å². The predicted octanol–water partition coefficient (Wildman–Crippen LogP) is 1.58. The van der Waals surface area contributed by atoms with Crippen LogP contribution in [0, 0.1) is 0 Å². The molecule has 1 aromatic carbocycles. The van der Waals surface area contributed by atoms with Crippen molar-refractivity contribution in [2.24, 2.45) is 11.5 Å². The smallest absolute Gasteiger partial charge is 0.254 e. The second-order valence-corrected chi connectivity index (χ2v) is 7.07. The molecule has 1 saturated carbocycles. The van der Waals surface area contributed by atoms with Crippen LogP contribution < -0.4 is 22.1 Å². The Balaban J connectivity index is 1.57. The van der Waals surface area contributed by atoms with E-state index in [0.717, 1.165) is 37.1 Å². The van der Waals surface area contributed by atoms with Gasteiger partial charge >= 0.3 is 0 Å². The Bertz CT molecular complexity index is 981. The van der Waals surface area contributed by atoms with E-state index in [2.05, 4.69) is 30.8 Å². The first kappa shape index (κ1) is 18.8. The fourth-order valence-corrected chi connectivity index (χ4v) is 3.37. The number of aromatic nitrogens is 5. The van der Waals surface area contributed by atoms with Gasteiger partial charge in [0.2, 0.25) is 5.95 Å². The minimum absolute atomic E-state index is 0.212. The van der Waals surface area contributed by atoms with E-state index in [1.54, 1.807) is 12.4 Å². The third-order valence-corrected chi connectivity index (χ3v) is 4.92. The lowest BCUT2D eigenvalue weighted by molar-refractivity contribution is 0.100. The quantitative estimate of drug-likeness (QED) is 0.493. The van der Waals surface area contributed by atoms with Crippen LogP contribution in [0.3, 0.4) is 0 Å². The van der Waals surface area contributed by atoms with Crippen molar-refractivity contribution in [2.75, 3.05) is 10.6 Å². The number of anilines is 3. The van der Waals surface area contributed by atoms with Crippen LogP contribution in [0.15, 0.2) is 42.9 Å². The van der Waals surface area contributed by atoms with Gasteiger partial charge in [0.15, 0.2) is 0 Å². The van der Waals surface area contributed by atoms with Crippen LogP contribution in [0.4, 0.5) is 17.5 Å². The summed E-state index contributed by atoms with van der Waals surface area (Å²) in [5.41, 5.74) is 13.2. The highest BCUT2D eigenvalue weighted by Crippen LogP contribution is 2.24. The predicted molar refractivity (Wildman–Crippen MR) is 109 cm³/mol. The summed E-state index contributed by atoms with van der Waals surface area (Å²) in [4.78, 5) is 22.1. The summed E-state index contributed by atoms with van der Waals surface area (Å²) in [6, 6.07) is 7.96. The maximum atomic E-state index is 11.8. The van der Waals surface area contributed by atoms with Crippen LogP contribution in [0.2, 0.25) is 0 Å². The summed E-state index contributed by atoms with van der Waals surface area (Å²) in [7, 11) is 0. The number of rotatable bonds is 6. The zero-order valence-corrected chi connectivity index (χ0v) is 15.8. The normalized spacial score (nSPS) is 18.9. The molecule has 6 N–H and O–H groups in total. The van der Waals surface area contributed by atoms with E-state index in [-0.39, 0.29) is 17.6 Å². The fraction of sp³-hybridized carbons (Fsp3) is 0.316. The van der Waals surface area contributed by atoms with Gasteiger partial charge in [-0.05, 0) is 43.9 Å². The number of amides is 1. The van der Waals surface area contributed by atoms with Gasteiger partial charge in [0.05, 0.1) is 18.1 Å². The number of benzene rings is 1. The first-order valence-electron chi connectivity index (χ1n) is 9.51. The second kappa shape index (κ2) is 8.23. The number of hydrogen-bond donors (Lipinski definition) is 4. The van der Waals surface area contributed by atoms with E-state index in [4.69, 9.17) is 11.5 Å². The molecule has 0 saturated heterocycles. The van der Waals surface area contributed by atoms with Gasteiger partial charge in [0.1, 0.15) is 11.4 Å². The number of nitrogens with one attached hydrogen (secondary N) is 2. The van der Waals surface area contributed by atoms with E-state index in [0.29, 0.717) is 11.8 Å². The molecule has 3 aromatic rings. The lowest BCUT2D eigenvalue weighted by atomic mass is 9.92. The standard InChI is InChI=1S/C19H23N9O/c20-12-4-6-13(7-5-12)26-19-22-11-16(17(21)29)18(27-19)25-14-2-1-3-15(10-14)28-23-8-9-24-28/h1-3,8-13H,4-7,20H2,(H2,21,29)(H2,22,25,26,27)/t12-,13-. The second-order valence-electron chi connectivity index (χ2n) is 7.07. The molecular weight excluding hydrogens is 370 g/mol. The van der Waals surface area contributed by atoms with Crippen LogP contribution in [0.1, 0.15) is 36.0 Å². The number of carbonyl (C=O) groups excluding carboxylic acids is 1. The number of nitrogens with two attached hydrogens (primary N) is 2. The van der Waals surface area contributed by atoms with Gasteiger partial charge in [-0.1, -0.05) is 6.07 Å². The molecule has 0 unspecified atom stereocenters. The summed E-state index contributed by atoms with van der Waals surface area (Å²) in [6.45, 7) is 0. The van der Waals surface area contributed by atoms with Crippen molar-refractivity contribution in [1.29, 1.82) is 0 Å². The van der Waals surface area contributed by atoms with E-state index < -0.39 is 5.91 Å². The highest BCUT2D eigenvalue weighted by Gasteiger charge is 2.20. The molecular formula is C19H23N9O. The molecule has 1 aliphatic rings. The van der Waals surface area contributed by atoms with E-state index in [1.165, 1.54) is 11.0 Å². The Kier molecular flexibility index (Phi) is 5.34. The molecule has 0 aliphatic heterocycles. The Hall–Kier alpha value is -3.53. The van der Waals surface area contributed by atoms with Crippen LogP contribution in [-0.2, 0) is 0 Å². The third kappa shape index (κ3) is 4.49. The summed E-state index contributed by atoms with van der Waals surface area (Å²) < 4.78 is 0. The lowest BCUT2D eigenvalue weighted by Gasteiger charge is -2.26. The molecule has 29 heavy (non-hydrogen) atoms. The lowest BCUT2D eigenvalue weighted by Crippen LogP contribution is -2.33. The van der Waals surface area contributed by atoms with E-state index >= 15 is 0 Å². The molecule has 10 heteroatoms. The van der Waals surface area contributed by atoms with Crippen LogP contribution >= 0.6 is 0 Å². The molecule has 0 spiro atoms. The zero-order chi connectivity index (χ0) is 20.2. The Labute approximate surface area is 167 Å². The van der Waals surface area contributed by atoms with Crippen molar-refractivity contribution in [1.82, 2.24) is 25.0 Å². The molecule has 0 atom stereocenters. The minimum Gasteiger partial charge on any atom is -0.365 e. The molecule has 150 valence electrons. The van der Waals surface area contributed by atoms with Gasteiger partial charge in [-0.3, -0.25) is 4.79 Å². The first-order valence-corrected chi connectivity index (χ1v) is 9.51. The molecule has 10 nitrogen and oxygen atoms in total. The van der Waals surface area contributed by atoms with Crippen molar-refractivity contribution >= 4 is 23.4 Å². The molecule has 4 rings (SSSR count). The molecule has 2 aromatic heterocycles. The highest BCUT2D eigenvalue weighted by atomic mass is 16.1. The van der Waals surface area contributed by atoms with E-state index in [1.807, 2.05) is 24.3 Å². The Morgan fingerprint density at radius 1 is 1.14 bits per heavy atom. The Morgan fingerprint density at radius 2 is 1.90 bits per heavy atom. The minimum atomic E-state index is -0.604. The van der Waals surface area contributed by atoms with Gasteiger partial charge in [-0.25, -0.2) is 4.98 Å². The highest BCUT2D eigenvalue weighted by molar-refractivity contribution is 5.98. The van der Waals surface area contributed by atoms with Gasteiger partial charge in [-0.15, -0.1) is 0 Å². The van der Waals surface area contributed by atoms with Crippen molar-refractivity contribution in [3.63, 3.8) is 0 Å². The van der Waals surface area contributed by atoms with Gasteiger partial charge < -0.3 is 22.1 Å². The van der Waals surface area contributed by atoms with Gasteiger partial charge in [-0.2, -0.15) is 20.0 Å². The average molecular weight is 393 g/mol. The van der Waals surface area contributed by atoms with Gasteiger partial charge in [0.25, 0.3) is 5.91 Å². The molecule has 0 radical (unpaired) electrons. The number of nitrogens with zero attached hydrogens (tertiary/aromatic N) is 5. The van der Waals surface area contributed by atoms with Crippen molar-refractivity contribution < 1.29 is 4.79 Å². The SMILES string of the molecule is NC(=O)c1cnc(N[C@H]2CC[C@H](N)CC2)nc1Nc1cccc(-n2nccn2)c1. The Morgan fingerprint density at radius 3 is 2.62 bits per heavy atom. The van der Waals surface area contributed by atoms with Crippen LogP contribution in [0.25, 0.3) is 5.69 Å². The summed E-state index contributed by atoms with van der Waals surface area (Å²) >= 11 is 0. The van der Waals surface area contributed by atoms with Crippen LogP contribution in [0.5, 0.6) is 0 Å². The molecule has 1 aliphatic carbocycles. The van der Waals surface area contributed by atoms with Gasteiger partial charge in [0, 0.05) is 24.0 Å². The average Bonchev–Trinajstić information content (AvgIpc) is 3.25.